The van der Waals surface area contributed by atoms with Gasteiger partial charge in [0.15, 0.2) is 0 Å². The number of nitrogens with zero attached hydrogens (tertiary/aromatic N) is 2. The highest BCUT2D eigenvalue weighted by atomic mass is 35.5. The molecular formula is C32H37ClN2O4. The molecule has 0 aliphatic carbocycles. The van der Waals surface area contributed by atoms with Gasteiger partial charge in [-0.05, 0) is 79.1 Å². The lowest BCUT2D eigenvalue weighted by molar-refractivity contribution is -0.0254. The minimum atomic E-state index is -0.785. The van der Waals surface area contributed by atoms with Crippen LogP contribution in [0.4, 0.5) is 0 Å². The maximum atomic E-state index is 11.1. The van der Waals surface area contributed by atoms with E-state index in [0.717, 1.165) is 72.8 Å². The molecule has 2 fully saturated rings. The molecule has 39 heavy (non-hydrogen) atoms. The topological polar surface area (TPSA) is 75.1 Å². The van der Waals surface area contributed by atoms with Gasteiger partial charge in [-0.3, -0.25) is 0 Å². The van der Waals surface area contributed by atoms with Crippen LogP contribution in [0.25, 0.3) is 5.57 Å². The Balaban J connectivity index is 0.000000555. The third kappa shape index (κ3) is 6.89. The van der Waals surface area contributed by atoms with Crippen molar-refractivity contribution in [1.82, 2.24) is 9.88 Å². The number of aliphatic hydroxyl groups is 2. The van der Waals surface area contributed by atoms with Gasteiger partial charge in [0.25, 0.3) is 0 Å². The molecule has 0 radical (unpaired) electrons. The third-order valence-corrected chi connectivity index (χ3v) is 8.07. The van der Waals surface area contributed by atoms with Gasteiger partial charge >= 0.3 is 0 Å². The van der Waals surface area contributed by atoms with Crippen LogP contribution < -0.4 is 4.74 Å². The SMILES string of the molecule is C1CCOC1.OCc1cccc2c1CC(=CCCN1CCC(O)(c3ccc(Cl)cc3)CC1)c1cccnc1O2. The standard InChI is InChI=1S/C28H29ClN2O3.C4H8O/c29-23-10-8-22(9-11-23)28(33)12-16-31(17-13-28)15-3-5-20-18-25-21(19-32)4-1-7-26(25)34-27-24(20)6-2-14-30-27;1-2-4-5-3-1/h1-2,4-11,14,32-33H,3,12-13,15-19H2;1-4H2. The summed E-state index contributed by atoms with van der Waals surface area (Å²) in [7, 11) is 0. The Morgan fingerprint density at radius 3 is 2.46 bits per heavy atom. The van der Waals surface area contributed by atoms with Crippen LogP contribution in [0.3, 0.4) is 0 Å². The number of ether oxygens (including phenoxy) is 2. The second kappa shape index (κ2) is 13.1. The van der Waals surface area contributed by atoms with Gasteiger partial charge < -0.3 is 24.6 Å². The number of fused-ring (bicyclic) bond motifs is 2. The number of piperidine rings is 1. The van der Waals surface area contributed by atoms with Gasteiger partial charge in [0.2, 0.25) is 5.88 Å². The van der Waals surface area contributed by atoms with Crippen LogP contribution in [-0.2, 0) is 23.4 Å². The van der Waals surface area contributed by atoms with Crippen molar-refractivity contribution in [3.63, 3.8) is 0 Å². The van der Waals surface area contributed by atoms with Crippen LogP contribution in [0.15, 0.2) is 66.9 Å². The molecule has 2 N–H and O–H groups in total. The summed E-state index contributed by atoms with van der Waals surface area (Å²) in [4.78, 5) is 6.87. The van der Waals surface area contributed by atoms with Gasteiger partial charge in [-0.15, -0.1) is 0 Å². The molecule has 4 heterocycles. The molecule has 0 unspecified atom stereocenters. The van der Waals surface area contributed by atoms with E-state index >= 15 is 0 Å². The van der Waals surface area contributed by atoms with Crippen molar-refractivity contribution < 1.29 is 19.7 Å². The zero-order chi connectivity index (χ0) is 27.1. The molecule has 0 atom stereocenters. The van der Waals surface area contributed by atoms with Gasteiger partial charge in [0.05, 0.1) is 12.2 Å². The van der Waals surface area contributed by atoms with Gasteiger partial charge in [-0.25, -0.2) is 4.98 Å². The van der Waals surface area contributed by atoms with E-state index in [9.17, 15) is 10.2 Å². The third-order valence-electron chi connectivity index (χ3n) is 7.82. The van der Waals surface area contributed by atoms with E-state index in [-0.39, 0.29) is 6.61 Å². The quantitative estimate of drug-likeness (QED) is 0.399. The van der Waals surface area contributed by atoms with Gasteiger partial charge in [0, 0.05) is 61.6 Å². The Morgan fingerprint density at radius 1 is 1.00 bits per heavy atom. The Hall–Kier alpha value is -2.74. The second-order valence-electron chi connectivity index (χ2n) is 10.4. The summed E-state index contributed by atoms with van der Waals surface area (Å²) in [5, 5.41) is 21.7. The monoisotopic (exact) mass is 548 g/mol. The van der Waals surface area contributed by atoms with Crippen molar-refractivity contribution >= 4 is 17.2 Å². The fraction of sp³-hybridized carbons (Fsp3) is 0.406. The summed E-state index contributed by atoms with van der Waals surface area (Å²) in [6.07, 6.45) is 9.57. The average Bonchev–Trinajstić information content (AvgIpc) is 3.51. The number of likely N-dealkylation sites (tertiary alicyclic amines) is 1. The van der Waals surface area contributed by atoms with Crippen molar-refractivity contribution in [2.24, 2.45) is 0 Å². The van der Waals surface area contributed by atoms with Gasteiger partial charge in [-0.1, -0.05) is 41.9 Å². The van der Waals surface area contributed by atoms with Crippen molar-refractivity contribution in [2.75, 3.05) is 32.8 Å². The zero-order valence-corrected chi connectivity index (χ0v) is 23.1. The number of hydrogen-bond donors (Lipinski definition) is 2. The molecule has 2 saturated heterocycles. The van der Waals surface area contributed by atoms with E-state index in [1.165, 1.54) is 12.8 Å². The highest BCUT2D eigenvalue weighted by molar-refractivity contribution is 6.30. The Labute approximate surface area is 235 Å². The number of benzene rings is 2. The number of pyridine rings is 1. The van der Waals surface area contributed by atoms with Crippen LogP contribution in [-0.4, -0.2) is 52.9 Å². The first-order chi connectivity index (χ1) is 19.1. The largest absolute Gasteiger partial charge is 0.438 e. The van der Waals surface area contributed by atoms with Gasteiger partial charge in [-0.2, -0.15) is 0 Å². The molecule has 0 spiro atoms. The molecule has 6 nitrogen and oxygen atoms in total. The summed E-state index contributed by atoms with van der Waals surface area (Å²) in [5.74, 6) is 1.36. The molecule has 3 aromatic rings. The maximum absolute atomic E-state index is 11.1. The Morgan fingerprint density at radius 2 is 1.77 bits per heavy atom. The molecule has 0 bridgehead atoms. The van der Waals surface area contributed by atoms with E-state index in [4.69, 9.17) is 21.1 Å². The van der Waals surface area contributed by atoms with E-state index in [0.29, 0.717) is 30.2 Å². The van der Waals surface area contributed by atoms with Crippen LogP contribution in [0.1, 0.15) is 54.4 Å². The van der Waals surface area contributed by atoms with Crippen molar-refractivity contribution in [2.45, 2.75) is 50.7 Å². The minimum absolute atomic E-state index is 0.0199. The predicted octanol–water partition coefficient (Wildman–Crippen LogP) is 6.13. The zero-order valence-electron chi connectivity index (χ0n) is 22.3. The molecule has 1 aromatic heterocycles. The fourth-order valence-electron chi connectivity index (χ4n) is 5.47. The normalized spacial score (nSPS) is 19.3. The van der Waals surface area contributed by atoms with Crippen molar-refractivity contribution in [1.29, 1.82) is 0 Å². The molecule has 2 aromatic carbocycles. The lowest BCUT2D eigenvalue weighted by atomic mass is 9.84. The number of hydrogen-bond acceptors (Lipinski definition) is 6. The van der Waals surface area contributed by atoms with E-state index in [1.54, 1.807) is 6.20 Å². The maximum Gasteiger partial charge on any atom is 0.226 e. The molecular weight excluding hydrogens is 512 g/mol. The number of aliphatic hydroxyl groups excluding tert-OH is 1. The van der Waals surface area contributed by atoms with Crippen LogP contribution in [0.5, 0.6) is 11.6 Å². The molecule has 0 saturated carbocycles. The fourth-order valence-corrected chi connectivity index (χ4v) is 5.60. The summed E-state index contributed by atoms with van der Waals surface area (Å²) in [5.41, 5.74) is 4.22. The van der Waals surface area contributed by atoms with E-state index < -0.39 is 5.60 Å². The summed E-state index contributed by atoms with van der Waals surface area (Å²) in [6, 6.07) is 17.3. The Bertz CT molecular complexity index is 1260. The van der Waals surface area contributed by atoms with Crippen molar-refractivity contribution in [3.05, 3.63) is 94.1 Å². The summed E-state index contributed by atoms with van der Waals surface area (Å²) in [6.45, 7) is 4.60. The molecule has 206 valence electrons. The minimum Gasteiger partial charge on any atom is -0.438 e. The predicted molar refractivity (Wildman–Crippen MR) is 154 cm³/mol. The van der Waals surface area contributed by atoms with E-state index in [2.05, 4.69) is 16.0 Å². The summed E-state index contributed by atoms with van der Waals surface area (Å²) >= 11 is 6.01. The number of rotatable bonds is 5. The van der Waals surface area contributed by atoms with Crippen LogP contribution in [0, 0.1) is 0 Å². The molecule has 3 aliphatic heterocycles. The average molecular weight is 549 g/mol. The van der Waals surface area contributed by atoms with Gasteiger partial charge in [0.1, 0.15) is 5.75 Å². The summed E-state index contributed by atoms with van der Waals surface area (Å²) < 4.78 is 11.1. The lowest BCUT2D eigenvalue weighted by Gasteiger charge is -2.38. The molecule has 6 rings (SSSR count). The number of allylic oxidation sites excluding steroid dienone is 1. The number of aromatic nitrogens is 1. The van der Waals surface area contributed by atoms with Crippen molar-refractivity contribution in [3.8, 4) is 11.6 Å². The highest BCUT2D eigenvalue weighted by Gasteiger charge is 2.33. The van der Waals surface area contributed by atoms with Crippen LogP contribution in [0.2, 0.25) is 5.02 Å². The lowest BCUT2D eigenvalue weighted by Crippen LogP contribution is -2.42. The first kappa shape index (κ1) is 27.8. The molecule has 3 aliphatic rings. The highest BCUT2D eigenvalue weighted by Crippen LogP contribution is 2.39. The Kier molecular flexibility index (Phi) is 9.32. The van der Waals surface area contributed by atoms with Crippen LogP contribution >= 0.6 is 11.6 Å². The molecule has 0 amide bonds. The first-order valence-corrected chi connectivity index (χ1v) is 14.3. The second-order valence-corrected chi connectivity index (χ2v) is 10.8. The van der Waals surface area contributed by atoms with E-state index in [1.807, 2.05) is 54.6 Å². The smallest absolute Gasteiger partial charge is 0.226 e. The number of halogens is 1. The molecule has 7 heteroatoms. The first-order valence-electron chi connectivity index (χ1n) is 13.9.